The fraction of sp³-hybridized carbons (Fsp3) is 0.158. The van der Waals surface area contributed by atoms with Crippen LogP contribution < -0.4 is 5.43 Å². The van der Waals surface area contributed by atoms with Crippen molar-refractivity contribution in [2.45, 2.75) is 18.8 Å². The largest absolute Gasteiger partial charge is 0.358 e. The first-order chi connectivity index (χ1) is 11.5. The SMILES string of the molecule is O=C1CC(c2cccc(Cl)c2)Cc2[nH]c3ccc(Cl)cc3c(=O)c21. The number of nitrogens with one attached hydrogen (secondary N) is 1. The number of rotatable bonds is 1. The first-order valence-electron chi connectivity index (χ1n) is 7.66. The van der Waals surface area contributed by atoms with Gasteiger partial charge in [-0.15, -0.1) is 0 Å². The molecule has 1 N–H and O–H groups in total. The molecule has 1 unspecified atom stereocenters. The number of aromatic nitrogens is 1. The quantitative estimate of drug-likeness (QED) is 0.683. The Kier molecular flexibility index (Phi) is 3.70. The Balaban J connectivity index is 1.86. The van der Waals surface area contributed by atoms with E-state index in [4.69, 9.17) is 23.2 Å². The molecule has 0 bridgehead atoms. The molecular formula is C19H13Cl2NO2. The minimum absolute atomic E-state index is 0.0177. The molecule has 2 aromatic carbocycles. The number of pyridine rings is 1. The Morgan fingerprint density at radius 3 is 2.54 bits per heavy atom. The minimum Gasteiger partial charge on any atom is -0.358 e. The first-order valence-corrected chi connectivity index (χ1v) is 8.41. The van der Waals surface area contributed by atoms with E-state index in [1.807, 2.05) is 24.3 Å². The zero-order chi connectivity index (χ0) is 16.8. The Labute approximate surface area is 148 Å². The van der Waals surface area contributed by atoms with E-state index in [1.165, 1.54) is 0 Å². The summed E-state index contributed by atoms with van der Waals surface area (Å²) in [5.41, 5.74) is 2.43. The molecule has 0 aliphatic heterocycles. The van der Waals surface area contributed by atoms with Gasteiger partial charge in [0.1, 0.15) is 0 Å². The lowest BCUT2D eigenvalue weighted by atomic mass is 9.81. The number of hydrogen-bond donors (Lipinski definition) is 1. The summed E-state index contributed by atoms with van der Waals surface area (Å²) in [5.74, 6) is -0.117. The summed E-state index contributed by atoms with van der Waals surface area (Å²) in [7, 11) is 0. The van der Waals surface area contributed by atoms with Crippen LogP contribution in [0.1, 0.15) is 34.0 Å². The molecule has 0 radical (unpaired) electrons. The lowest BCUT2D eigenvalue weighted by Gasteiger charge is -2.24. The number of carbonyl (C=O) groups excluding carboxylic acids is 1. The van der Waals surface area contributed by atoms with Gasteiger partial charge >= 0.3 is 0 Å². The minimum atomic E-state index is -0.240. The molecule has 0 saturated carbocycles. The van der Waals surface area contributed by atoms with E-state index < -0.39 is 0 Å². The van der Waals surface area contributed by atoms with Gasteiger partial charge in [-0.05, 0) is 48.2 Å². The van der Waals surface area contributed by atoms with Crippen molar-refractivity contribution in [1.29, 1.82) is 0 Å². The van der Waals surface area contributed by atoms with Gasteiger partial charge in [0, 0.05) is 33.1 Å². The van der Waals surface area contributed by atoms with Gasteiger partial charge in [0.25, 0.3) is 0 Å². The maximum absolute atomic E-state index is 12.7. The molecule has 0 spiro atoms. The van der Waals surface area contributed by atoms with Crippen LogP contribution >= 0.6 is 23.2 Å². The van der Waals surface area contributed by atoms with Crippen LogP contribution in [0.2, 0.25) is 10.0 Å². The third kappa shape index (κ3) is 2.54. The average molecular weight is 358 g/mol. The highest BCUT2D eigenvalue weighted by Gasteiger charge is 2.29. The molecule has 3 aromatic rings. The summed E-state index contributed by atoms with van der Waals surface area (Å²) >= 11 is 12.0. The zero-order valence-corrected chi connectivity index (χ0v) is 14.1. The molecule has 0 fully saturated rings. The van der Waals surface area contributed by atoms with Crippen molar-refractivity contribution in [1.82, 2.24) is 4.98 Å². The highest BCUT2D eigenvalue weighted by molar-refractivity contribution is 6.31. The lowest BCUT2D eigenvalue weighted by Crippen LogP contribution is -2.27. The number of benzene rings is 2. The van der Waals surface area contributed by atoms with Crippen LogP contribution in [0.5, 0.6) is 0 Å². The number of hydrogen-bond acceptors (Lipinski definition) is 2. The molecular weight excluding hydrogens is 345 g/mol. The predicted molar refractivity (Wildman–Crippen MR) is 96.4 cm³/mol. The van der Waals surface area contributed by atoms with Crippen molar-refractivity contribution in [3.63, 3.8) is 0 Å². The van der Waals surface area contributed by atoms with E-state index in [0.29, 0.717) is 39.5 Å². The van der Waals surface area contributed by atoms with Gasteiger partial charge in [-0.2, -0.15) is 0 Å². The van der Waals surface area contributed by atoms with Gasteiger partial charge in [0.05, 0.1) is 5.56 Å². The molecule has 5 heteroatoms. The number of H-pyrrole nitrogens is 1. The summed E-state index contributed by atoms with van der Waals surface area (Å²) < 4.78 is 0. The lowest BCUT2D eigenvalue weighted by molar-refractivity contribution is 0.0962. The summed E-state index contributed by atoms with van der Waals surface area (Å²) in [4.78, 5) is 28.6. The fourth-order valence-electron chi connectivity index (χ4n) is 3.40. The van der Waals surface area contributed by atoms with E-state index in [-0.39, 0.29) is 22.7 Å². The second kappa shape index (κ2) is 5.76. The van der Waals surface area contributed by atoms with E-state index >= 15 is 0 Å². The first kappa shape index (κ1) is 15.4. The molecule has 24 heavy (non-hydrogen) atoms. The molecule has 1 aromatic heterocycles. The molecule has 1 atom stereocenters. The van der Waals surface area contributed by atoms with Crippen LogP contribution in [0.15, 0.2) is 47.3 Å². The van der Waals surface area contributed by atoms with Crippen molar-refractivity contribution < 1.29 is 4.79 Å². The van der Waals surface area contributed by atoms with E-state index in [1.54, 1.807) is 18.2 Å². The Hall–Kier alpha value is -2.10. The molecule has 1 heterocycles. The van der Waals surface area contributed by atoms with Crippen molar-refractivity contribution in [3.8, 4) is 0 Å². The van der Waals surface area contributed by atoms with Crippen LogP contribution in [-0.2, 0) is 6.42 Å². The predicted octanol–water partition coefficient (Wildman–Crippen LogP) is 4.75. The van der Waals surface area contributed by atoms with Gasteiger partial charge in [0.2, 0.25) is 5.43 Å². The van der Waals surface area contributed by atoms with Crippen LogP contribution in [0, 0.1) is 0 Å². The Morgan fingerprint density at radius 2 is 1.75 bits per heavy atom. The highest BCUT2D eigenvalue weighted by Crippen LogP contribution is 2.32. The van der Waals surface area contributed by atoms with Crippen molar-refractivity contribution >= 4 is 39.9 Å². The number of halogens is 2. The molecule has 0 amide bonds. The molecule has 1 aliphatic carbocycles. The van der Waals surface area contributed by atoms with Gasteiger partial charge in [-0.3, -0.25) is 9.59 Å². The Morgan fingerprint density at radius 1 is 0.958 bits per heavy atom. The third-order valence-electron chi connectivity index (χ3n) is 4.52. The van der Waals surface area contributed by atoms with E-state index in [9.17, 15) is 9.59 Å². The fourth-order valence-corrected chi connectivity index (χ4v) is 3.77. The van der Waals surface area contributed by atoms with Crippen LogP contribution in [0.3, 0.4) is 0 Å². The summed E-state index contributed by atoms with van der Waals surface area (Å²) in [6.45, 7) is 0. The van der Waals surface area contributed by atoms with Crippen molar-refractivity contribution in [2.75, 3.05) is 0 Å². The van der Waals surface area contributed by atoms with Gasteiger partial charge in [-0.25, -0.2) is 0 Å². The summed E-state index contributed by atoms with van der Waals surface area (Å²) in [6, 6.07) is 12.6. The smallest absolute Gasteiger partial charge is 0.200 e. The molecule has 0 saturated heterocycles. The van der Waals surface area contributed by atoms with Crippen LogP contribution in [-0.4, -0.2) is 10.8 Å². The van der Waals surface area contributed by atoms with Crippen LogP contribution in [0.25, 0.3) is 10.9 Å². The normalized spacial score (nSPS) is 17.1. The molecule has 4 rings (SSSR count). The number of aromatic amines is 1. The molecule has 3 nitrogen and oxygen atoms in total. The maximum atomic E-state index is 12.7. The van der Waals surface area contributed by atoms with Gasteiger partial charge in [-0.1, -0.05) is 35.3 Å². The molecule has 120 valence electrons. The van der Waals surface area contributed by atoms with Crippen molar-refractivity contribution in [2.24, 2.45) is 0 Å². The number of carbonyl (C=O) groups is 1. The number of ketones is 1. The highest BCUT2D eigenvalue weighted by atomic mass is 35.5. The topological polar surface area (TPSA) is 49.9 Å². The maximum Gasteiger partial charge on any atom is 0.200 e. The number of Topliss-reactive ketones (excluding diaryl/α,β-unsaturated/α-hetero) is 1. The summed E-state index contributed by atoms with van der Waals surface area (Å²) in [6.07, 6.45) is 0.914. The van der Waals surface area contributed by atoms with Crippen molar-refractivity contribution in [3.05, 3.63) is 79.6 Å². The summed E-state index contributed by atoms with van der Waals surface area (Å²) in [5, 5.41) is 1.58. The average Bonchev–Trinajstić information content (AvgIpc) is 2.55. The van der Waals surface area contributed by atoms with Crippen LogP contribution in [0.4, 0.5) is 0 Å². The standard InChI is InChI=1S/C19H13Cl2NO2/c20-12-3-1-2-10(6-12)11-7-16-18(17(23)8-11)19(24)14-9-13(21)4-5-15(14)22-16/h1-6,9,11H,7-8H2,(H,22,24). The van der Waals surface area contributed by atoms with E-state index in [0.717, 1.165) is 5.56 Å². The zero-order valence-electron chi connectivity index (χ0n) is 12.6. The van der Waals surface area contributed by atoms with E-state index in [2.05, 4.69) is 4.98 Å². The third-order valence-corrected chi connectivity index (χ3v) is 4.99. The second-order valence-electron chi connectivity index (χ2n) is 6.08. The Bertz CT molecular complexity index is 1040. The monoisotopic (exact) mass is 357 g/mol. The molecule has 1 aliphatic rings. The van der Waals surface area contributed by atoms with Gasteiger partial charge in [0.15, 0.2) is 5.78 Å². The number of fused-ring (bicyclic) bond motifs is 2. The van der Waals surface area contributed by atoms with Gasteiger partial charge < -0.3 is 4.98 Å². The second-order valence-corrected chi connectivity index (χ2v) is 6.95.